The molecule has 0 saturated heterocycles. The average Bonchev–Trinajstić information content (AvgIpc) is 2.77. The van der Waals surface area contributed by atoms with E-state index in [-0.39, 0.29) is 17.1 Å². The van der Waals surface area contributed by atoms with Crippen LogP contribution in [0.5, 0.6) is 5.75 Å². The lowest BCUT2D eigenvalue weighted by Gasteiger charge is -2.42. The zero-order valence-electron chi connectivity index (χ0n) is 21.8. The van der Waals surface area contributed by atoms with Gasteiger partial charge in [0.05, 0.1) is 33.9 Å². The number of fused-ring (bicyclic) bond motifs is 1. The molecule has 17 heteroatoms. The Labute approximate surface area is 233 Å². The fourth-order valence-electron chi connectivity index (χ4n) is 3.67. The molecule has 1 aliphatic rings. The number of sulfonamides is 2. The van der Waals surface area contributed by atoms with Gasteiger partial charge in [0.1, 0.15) is 17.7 Å². The lowest BCUT2D eigenvalue weighted by molar-refractivity contribution is -0.242. The predicted octanol–water partition coefficient (Wildman–Crippen LogP) is 4.65. The van der Waals surface area contributed by atoms with E-state index in [1.165, 1.54) is 26.0 Å². The van der Waals surface area contributed by atoms with Crippen LogP contribution in [0.25, 0.3) is 0 Å². The number of ether oxygens (including phenoxy) is 2. The molecule has 222 valence electrons. The van der Waals surface area contributed by atoms with Crippen molar-refractivity contribution in [1.82, 2.24) is 4.72 Å². The molecule has 0 bridgehead atoms. The number of carbonyl (C=O) groups is 1. The van der Waals surface area contributed by atoms with Gasteiger partial charge in [0.15, 0.2) is 0 Å². The molecule has 2 aromatic carbocycles. The summed E-state index contributed by atoms with van der Waals surface area (Å²) < 4.78 is 118. The Bertz CT molecular complexity index is 1530. The number of benzene rings is 2. The first-order chi connectivity index (χ1) is 18.0. The highest BCUT2D eigenvalue weighted by Crippen LogP contribution is 2.41. The second kappa shape index (κ2) is 10.5. The van der Waals surface area contributed by atoms with Crippen molar-refractivity contribution in [1.29, 1.82) is 0 Å². The highest BCUT2D eigenvalue weighted by atomic mass is 35.5. The van der Waals surface area contributed by atoms with E-state index in [0.29, 0.717) is 13.8 Å². The van der Waals surface area contributed by atoms with Gasteiger partial charge in [-0.05, 0) is 64.1 Å². The minimum atomic E-state index is -4.86. The van der Waals surface area contributed by atoms with Crippen LogP contribution in [0.1, 0.15) is 27.7 Å². The maximum atomic E-state index is 13.8. The number of amides is 1. The van der Waals surface area contributed by atoms with Crippen LogP contribution in [0.2, 0.25) is 5.02 Å². The first kappa shape index (κ1) is 31.7. The summed E-state index contributed by atoms with van der Waals surface area (Å²) in [6.45, 7) is 3.79. The van der Waals surface area contributed by atoms with Crippen LogP contribution in [0.15, 0.2) is 41.3 Å². The van der Waals surface area contributed by atoms with Crippen LogP contribution in [0.4, 0.5) is 33.7 Å². The third-order valence-electron chi connectivity index (χ3n) is 5.84. The van der Waals surface area contributed by atoms with Crippen molar-refractivity contribution in [3.05, 3.63) is 47.2 Å². The number of carbonyl (C=O) groups excluding carboxylic acids is 1. The maximum Gasteiger partial charge on any atom is 0.427 e. The third kappa shape index (κ3) is 6.90. The van der Waals surface area contributed by atoms with Crippen molar-refractivity contribution in [2.45, 2.75) is 56.0 Å². The van der Waals surface area contributed by atoms with E-state index in [4.69, 9.17) is 16.3 Å². The van der Waals surface area contributed by atoms with Gasteiger partial charge in [0.25, 0.3) is 10.0 Å². The molecule has 0 saturated carbocycles. The predicted molar refractivity (Wildman–Crippen MR) is 139 cm³/mol. The lowest BCUT2D eigenvalue weighted by Crippen LogP contribution is -2.60. The van der Waals surface area contributed by atoms with Crippen molar-refractivity contribution in [3.8, 4) is 5.75 Å². The molecular formula is C23H26ClF4N3O7S2. The first-order valence-electron chi connectivity index (χ1n) is 11.4. The van der Waals surface area contributed by atoms with Crippen LogP contribution in [-0.4, -0.2) is 59.1 Å². The molecule has 1 unspecified atom stereocenters. The summed E-state index contributed by atoms with van der Waals surface area (Å²) in [6, 6.07) is 6.28. The van der Waals surface area contributed by atoms with Crippen molar-refractivity contribution in [2.24, 2.45) is 0 Å². The van der Waals surface area contributed by atoms with Gasteiger partial charge in [-0.1, -0.05) is 11.6 Å². The fourth-order valence-corrected chi connectivity index (χ4v) is 6.50. The summed E-state index contributed by atoms with van der Waals surface area (Å²) >= 11 is 5.80. The molecule has 10 nitrogen and oxygen atoms in total. The summed E-state index contributed by atoms with van der Waals surface area (Å²) in [5, 5.41) is 1.64. The van der Waals surface area contributed by atoms with Crippen LogP contribution >= 0.6 is 11.6 Å². The molecule has 0 radical (unpaired) electrons. The summed E-state index contributed by atoms with van der Waals surface area (Å²) in [5.74, 6) is -0.933. The molecule has 0 spiro atoms. The Balaban J connectivity index is 2.06. The normalized spacial score (nSPS) is 16.6. The zero-order chi connectivity index (χ0) is 30.5. The number of anilines is 2. The Morgan fingerprint density at radius 3 is 2.25 bits per heavy atom. The number of nitrogens with one attached hydrogen (secondary N) is 2. The van der Waals surface area contributed by atoms with Gasteiger partial charge in [-0.2, -0.15) is 13.2 Å². The van der Waals surface area contributed by atoms with E-state index in [1.807, 2.05) is 0 Å². The van der Waals surface area contributed by atoms with Crippen LogP contribution in [0, 0.1) is 5.82 Å². The summed E-state index contributed by atoms with van der Waals surface area (Å²) in [6.07, 6.45) is -6.51. The summed E-state index contributed by atoms with van der Waals surface area (Å²) in [4.78, 5) is 11.8. The monoisotopic (exact) mass is 631 g/mol. The highest BCUT2D eigenvalue weighted by Gasteiger charge is 2.51. The Morgan fingerprint density at radius 2 is 1.70 bits per heavy atom. The molecule has 1 amide bonds. The van der Waals surface area contributed by atoms with Gasteiger partial charge in [-0.15, -0.1) is 0 Å². The van der Waals surface area contributed by atoms with Gasteiger partial charge < -0.3 is 9.47 Å². The Morgan fingerprint density at radius 1 is 1.07 bits per heavy atom. The quantitative estimate of drug-likeness (QED) is 0.425. The Hall–Kier alpha value is -2.82. The van der Waals surface area contributed by atoms with E-state index in [0.717, 1.165) is 34.8 Å². The molecule has 2 N–H and O–H groups in total. The zero-order valence-corrected chi connectivity index (χ0v) is 24.1. The second-order valence-corrected chi connectivity index (χ2v) is 14.0. The van der Waals surface area contributed by atoms with E-state index in [1.54, 1.807) is 0 Å². The summed E-state index contributed by atoms with van der Waals surface area (Å²) in [5.41, 5.74) is -4.46. The molecule has 2 aromatic rings. The van der Waals surface area contributed by atoms with Gasteiger partial charge >= 0.3 is 12.3 Å². The third-order valence-corrected chi connectivity index (χ3v) is 8.80. The van der Waals surface area contributed by atoms with E-state index >= 15 is 0 Å². The average molecular weight is 632 g/mol. The number of halogens is 5. The second-order valence-electron chi connectivity index (χ2n) is 10.0. The maximum absolute atomic E-state index is 13.8. The fraction of sp³-hybridized carbons (Fsp3) is 0.435. The first-order valence-corrected chi connectivity index (χ1v) is 15.1. The number of alkyl halides is 3. The molecule has 0 aromatic heterocycles. The highest BCUT2D eigenvalue weighted by molar-refractivity contribution is 7.92. The molecule has 1 heterocycles. The molecule has 3 rings (SSSR count). The Kier molecular flexibility index (Phi) is 8.35. The van der Waals surface area contributed by atoms with Crippen molar-refractivity contribution in [3.63, 3.8) is 0 Å². The van der Waals surface area contributed by atoms with Gasteiger partial charge in [-0.25, -0.2) is 30.7 Å². The molecular weight excluding hydrogens is 606 g/mol. The van der Waals surface area contributed by atoms with Gasteiger partial charge in [0, 0.05) is 5.69 Å². The summed E-state index contributed by atoms with van der Waals surface area (Å²) in [7, 11) is -8.28. The van der Waals surface area contributed by atoms with Crippen LogP contribution in [-0.2, 0) is 24.8 Å². The number of hydrogen-bond donors (Lipinski definition) is 2. The SMILES string of the molecule is CC(C)(NS(C)(=O)=O)C1CN(S(=O)(=O)c2ccc(F)c(Cl)c2)c2cc(NC(=O)OC(C)(C)C(F)(F)F)ccc2O1. The van der Waals surface area contributed by atoms with Gasteiger partial charge in [0.2, 0.25) is 15.6 Å². The lowest BCUT2D eigenvalue weighted by atomic mass is 9.97. The molecule has 0 fully saturated rings. The van der Waals surface area contributed by atoms with Crippen molar-refractivity contribution in [2.75, 3.05) is 22.4 Å². The van der Waals surface area contributed by atoms with Crippen LogP contribution < -0.4 is 19.1 Å². The standard InChI is InChI=1S/C23H26ClF4N3O7S2/c1-21(2,30-39(5,33)34)19-12-31(40(35,36)14-7-8-16(25)15(24)11-14)17-10-13(6-9-18(17)37-19)29-20(32)38-22(3,4)23(26,27)28/h6-11,19,30H,12H2,1-5H3,(H,29,32). The van der Waals surface area contributed by atoms with Crippen molar-refractivity contribution < 1.29 is 48.7 Å². The van der Waals surface area contributed by atoms with Crippen LogP contribution in [0.3, 0.4) is 0 Å². The minimum Gasteiger partial charge on any atom is -0.484 e. The van der Waals surface area contributed by atoms with E-state index in [9.17, 15) is 39.2 Å². The molecule has 0 aliphatic carbocycles. The number of nitrogens with zero attached hydrogens (tertiary/aromatic N) is 1. The molecule has 40 heavy (non-hydrogen) atoms. The smallest absolute Gasteiger partial charge is 0.427 e. The topological polar surface area (TPSA) is 131 Å². The number of rotatable bonds is 7. The van der Waals surface area contributed by atoms with Gasteiger partial charge in [-0.3, -0.25) is 9.62 Å². The van der Waals surface area contributed by atoms with E-state index in [2.05, 4.69) is 14.8 Å². The van der Waals surface area contributed by atoms with Crippen molar-refractivity contribution >= 4 is 49.1 Å². The number of hydrogen-bond acceptors (Lipinski definition) is 7. The molecule has 1 aliphatic heterocycles. The van der Waals surface area contributed by atoms with E-state index < -0.39 is 71.8 Å². The largest absolute Gasteiger partial charge is 0.484 e. The molecule has 1 atom stereocenters. The minimum absolute atomic E-state index is 0.0639.